The van der Waals surface area contributed by atoms with E-state index in [0.717, 1.165) is 48.4 Å². The third kappa shape index (κ3) is 4.59. The van der Waals surface area contributed by atoms with Gasteiger partial charge in [-0.15, -0.1) is 11.8 Å². The van der Waals surface area contributed by atoms with Crippen LogP contribution in [0.15, 0.2) is 23.1 Å². The van der Waals surface area contributed by atoms with Crippen molar-refractivity contribution in [3.63, 3.8) is 0 Å². The molecule has 0 atom stereocenters. The molecule has 98 valence electrons. The van der Waals surface area contributed by atoms with E-state index in [1.807, 2.05) is 24.5 Å². The van der Waals surface area contributed by atoms with Gasteiger partial charge >= 0.3 is 0 Å². The van der Waals surface area contributed by atoms with E-state index >= 15 is 0 Å². The van der Waals surface area contributed by atoms with Crippen molar-refractivity contribution in [1.82, 2.24) is 0 Å². The second-order valence-electron chi connectivity index (χ2n) is 4.06. The Kier molecular flexibility index (Phi) is 7.31. The van der Waals surface area contributed by atoms with Crippen molar-refractivity contribution in [2.45, 2.75) is 30.6 Å². The highest BCUT2D eigenvalue weighted by Gasteiger charge is 2.06. The minimum Gasteiger partial charge on any atom is -0.396 e. The summed E-state index contributed by atoms with van der Waals surface area (Å²) in [5.41, 5.74) is 1.66. The van der Waals surface area contributed by atoms with Crippen molar-refractivity contribution in [3.05, 3.63) is 23.8 Å². The fourth-order valence-corrected chi connectivity index (χ4v) is 2.35. The molecule has 0 heterocycles. The number of unbranched alkanes of at least 4 members (excludes halogenated alkanes) is 3. The van der Waals surface area contributed by atoms with E-state index in [0.29, 0.717) is 0 Å². The maximum Gasteiger partial charge on any atom is 0.102 e. The Bertz CT molecular complexity index is 401. The number of anilines is 1. The molecular formula is C14H20N2OS. The van der Waals surface area contributed by atoms with Gasteiger partial charge in [-0.1, -0.05) is 18.9 Å². The standard InChI is InChI=1S/C14H20N2OS/c1-18-14-8-6-7-13(12(14)11-15)16-9-4-2-3-5-10-17/h6-8,16-17H,2-5,9-10H2,1H3. The molecule has 4 heteroatoms. The Hall–Kier alpha value is -1.18. The molecule has 0 radical (unpaired) electrons. The molecule has 1 rings (SSSR count). The second-order valence-corrected chi connectivity index (χ2v) is 4.91. The SMILES string of the molecule is CSc1cccc(NCCCCCCO)c1C#N. The Balaban J connectivity index is 2.45. The number of aliphatic hydroxyl groups is 1. The number of hydrogen-bond donors (Lipinski definition) is 2. The third-order valence-electron chi connectivity index (χ3n) is 2.76. The van der Waals surface area contributed by atoms with E-state index in [1.165, 1.54) is 0 Å². The highest BCUT2D eigenvalue weighted by Crippen LogP contribution is 2.26. The van der Waals surface area contributed by atoms with Gasteiger partial charge in [0, 0.05) is 18.0 Å². The monoisotopic (exact) mass is 264 g/mol. The maximum atomic E-state index is 9.17. The van der Waals surface area contributed by atoms with Crippen molar-refractivity contribution >= 4 is 17.4 Å². The lowest BCUT2D eigenvalue weighted by atomic mass is 10.1. The molecule has 0 unspecified atom stereocenters. The number of aliphatic hydroxyl groups excluding tert-OH is 1. The molecule has 0 aliphatic carbocycles. The summed E-state index contributed by atoms with van der Waals surface area (Å²) in [7, 11) is 0. The zero-order valence-corrected chi connectivity index (χ0v) is 11.6. The van der Waals surface area contributed by atoms with Crippen LogP contribution < -0.4 is 5.32 Å². The lowest BCUT2D eigenvalue weighted by Gasteiger charge is -2.10. The predicted octanol–water partition coefficient (Wildman–Crippen LogP) is 3.24. The Morgan fingerprint density at radius 1 is 1.28 bits per heavy atom. The molecular weight excluding hydrogens is 244 g/mol. The molecule has 0 fully saturated rings. The summed E-state index contributed by atoms with van der Waals surface area (Å²) >= 11 is 1.59. The normalized spacial score (nSPS) is 10.1. The van der Waals surface area contributed by atoms with Crippen LogP contribution in [-0.4, -0.2) is 24.5 Å². The van der Waals surface area contributed by atoms with Crippen LogP contribution in [0.2, 0.25) is 0 Å². The van der Waals surface area contributed by atoms with Gasteiger partial charge in [0.2, 0.25) is 0 Å². The Labute approximate surface area is 113 Å². The summed E-state index contributed by atoms with van der Waals surface area (Å²) in [5, 5.41) is 21.2. The van der Waals surface area contributed by atoms with Crippen molar-refractivity contribution in [2.24, 2.45) is 0 Å². The van der Waals surface area contributed by atoms with Gasteiger partial charge in [-0.25, -0.2) is 0 Å². The number of rotatable bonds is 8. The van der Waals surface area contributed by atoms with Crippen LogP contribution in [0, 0.1) is 11.3 Å². The van der Waals surface area contributed by atoms with Gasteiger partial charge in [0.15, 0.2) is 0 Å². The average molecular weight is 264 g/mol. The first-order chi connectivity index (χ1) is 8.83. The quantitative estimate of drug-likeness (QED) is 0.559. The summed E-state index contributed by atoms with van der Waals surface area (Å²) in [5.74, 6) is 0. The van der Waals surface area contributed by atoms with Gasteiger partial charge in [0.25, 0.3) is 0 Å². The first-order valence-electron chi connectivity index (χ1n) is 6.25. The van der Waals surface area contributed by atoms with Crippen LogP contribution in [-0.2, 0) is 0 Å². The zero-order valence-electron chi connectivity index (χ0n) is 10.8. The van der Waals surface area contributed by atoms with E-state index in [-0.39, 0.29) is 6.61 Å². The second kappa shape index (κ2) is 8.84. The molecule has 0 bridgehead atoms. The molecule has 0 amide bonds. The summed E-state index contributed by atoms with van der Waals surface area (Å²) in [4.78, 5) is 1.02. The topological polar surface area (TPSA) is 56.0 Å². The van der Waals surface area contributed by atoms with Gasteiger partial charge in [-0.2, -0.15) is 5.26 Å². The number of benzene rings is 1. The van der Waals surface area contributed by atoms with Crippen LogP contribution in [0.3, 0.4) is 0 Å². The van der Waals surface area contributed by atoms with Gasteiger partial charge in [0.05, 0.1) is 11.3 Å². The van der Waals surface area contributed by atoms with Crippen LogP contribution in [0.1, 0.15) is 31.2 Å². The minimum absolute atomic E-state index is 0.280. The van der Waals surface area contributed by atoms with Gasteiger partial charge < -0.3 is 10.4 Å². The fraction of sp³-hybridized carbons (Fsp3) is 0.500. The summed E-state index contributed by atoms with van der Waals surface area (Å²) in [6.07, 6.45) is 6.10. The minimum atomic E-state index is 0.280. The number of thioether (sulfide) groups is 1. The number of nitriles is 1. The number of nitrogens with one attached hydrogen (secondary N) is 1. The molecule has 18 heavy (non-hydrogen) atoms. The molecule has 3 nitrogen and oxygen atoms in total. The lowest BCUT2D eigenvalue weighted by Crippen LogP contribution is -2.03. The molecule has 0 spiro atoms. The zero-order chi connectivity index (χ0) is 13.2. The van der Waals surface area contributed by atoms with Crippen LogP contribution in [0.25, 0.3) is 0 Å². The number of nitrogens with zero attached hydrogens (tertiary/aromatic N) is 1. The molecule has 0 aromatic heterocycles. The molecule has 2 N–H and O–H groups in total. The lowest BCUT2D eigenvalue weighted by molar-refractivity contribution is 0.283. The van der Waals surface area contributed by atoms with E-state index in [2.05, 4.69) is 11.4 Å². The highest BCUT2D eigenvalue weighted by molar-refractivity contribution is 7.98. The largest absolute Gasteiger partial charge is 0.396 e. The predicted molar refractivity (Wildman–Crippen MR) is 77.0 cm³/mol. The Morgan fingerprint density at radius 2 is 2.06 bits per heavy atom. The first kappa shape index (κ1) is 14.9. The molecule has 1 aromatic carbocycles. The van der Waals surface area contributed by atoms with Gasteiger partial charge in [-0.05, 0) is 31.2 Å². The van der Waals surface area contributed by atoms with E-state index in [1.54, 1.807) is 11.8 Å². The average Bonchev–Trinajstić information content (AvgIpc) is 2.42. The Morgan fingerprint density at radius 3 is 2.72 bits per heavy atom. The summed E-state index contributed by atoms with van der Waals surface area (Å²) in [6.45, 7) is 1.15. The summed E-state index contributed by atoms with van der Waals surface area (Å²) < 4.78 is 0. The highest BCUT2D eigenvalue weighted by atomic mass is 32.2. The molecule has 1 aromatic rings. The maximum absolute atomic E-state index is 9.17. The van der Waals surface area contributed by atoms with Crippen LogP contribution in [0.5, 0.6) is 0 Å². The fourth-order valence-electron chi connectivity index (χ4n) is 1.78. The van der Waals surface area contributed by atoms with Crippen LogP contribution in [0.4, 0.5) is 5.69 Å². The molecule has 0 aliphatic heterocycles. The smallest absolute Gasteiger partial charge is 0.102 e. The third-order valence-corrected chi connectivity index (χ3v) is 3.54. The van der Waals surface area contributed by atoms with E-state index in [4.69, 9.17) is 5.11 Å². The van der Waals surface area contributed by atoms with E-state index in [9.17, 15) is 5.26 Å². The van der Waals surface area contributed by atoms with Crippen LogP contribution >= 0.6 is 11.8 Å². The van der Waals surface area contributed by atoms with Crippen molar-refractivity contribution in [1.29, 1.82) is 5.26 Å². The molecule has 0 aliphatic rings. The van der Waals surface area contributed by atoms with Crippen molar-refractivity contribution in [2.75, 3.05) is 24.7 Å². The van der Waals surface area contributed by atoms with E-state index < -0.39 is 0 Å². The molecule has 0 saturated carbocycles. The van der Waals surface area contributed by atoms with Gasteiger partial charge in [-0.3, -0.25) is 0 Å². The van der Waals surface area contributed by atoms with Crippen molar-refractivity contribution < 1.29 is 5.11 Å². The number of hydrogen-bond acceptors (Lipinski definition) is 4. The summed E-state index contributed by atoms with van der Waals surface area (Å²) in [6, 6.07) is 8.15. The molecule has 0 saturated heterocycles. The van der Waals surface area contributed by atoms with Crippen molar-refractivity contribution in [3.8, 4) is 6.07 Å². The van der Waals surface area contributed by atoms with Gasteiger partial charge in [0.1, 0.15) is 6.07 Å². The first-order valence-corrected chi connectivity index (χ1v) is 7.47.